The summed E-state index contributed by atoms with van der Waals surface area (Å²) >= 11 is 1.50. The van der Waals surface area contributed by atoms with E-state index in [2.05, 4.69) is 10.3 Å². The number of hydrogen-bond acceptors (Lipinski definition) is 8. The van der Waals surface area contributed by atoms with Crippen molar-refractivity contribution in [3.05, 3.63) is 76.0 Å². The zero-order valence-electron chi connectivity index (χ0n) is 21.7. The topological polar surface area (TPSA) is 89.5 Å². The van der Waals surface area contributed by atoms with Gasteiger partial charge in [-0.1, -0.05) is 30.0 Å². The van der Waals surface area contributed by atoms with Crippen molar-refractivity contribution >= 4 is 34.5 Å². The molecule has 8 nitrogen and oxygen atoms in total. The number of ether oxygens (including phenoxy) is 3. The Balaban J connectivity index is 1.58. The molecule has 2 aliphatic heterocycles. The van der Waals surface area contributed by atoms with Crippen molar-refractivity contribution < 1.29 is 23.8 Å². The molecule has 194 valence electrons. The largest absolute Gasteiger partial charge is 0.490 e. The molecule has 1 N–H and O–H groups in total. The van der Waals surface area contributed by atoms with Gasteiger partial charge in [0.1, 0.15) is 0 Å². The summed E-state index contributed by atoms with van der Waals surface area (Å²) in [4.78, 5) is 32.1. The summed E-state index contributed by atoms with van der Waals surface area (Å²) in [7, 11) is 0. The number of aryl methyl sites for hydroxylation is 2. The average molecular weight is 522 g/mol. The number of amides is 1. The van der Waals surface area contributed by atoms with Crippen molar-refractivity contribution in [2.24, 2.45) is 4.99 Å². The van der Waals surface area contributed by atoms with E-state index in [9.17, 15) is 9.59 Å². The number of aliphatic imine (C=N–C) groups is 1. The van der Waals surface area contributed by atoms with Gasteiger partial charge in [0.2, 0.25) is 0 Å². The lowest BCUT2D eigenvalue weighted by Gasteiger charge is -2.33. The van der Waals surface area contributed by atoms with Crippen LogP contribution in [0.15, 0.2) is 64.3 Å². The average Bonchev–Trinajstić information content (AvgIpc) is 3.33. The number of amidine groups is 1. The van der Waals surface area contributed by atoms with Crippen molar-refractivity contribution in [3.8, 4) is 11.5 Å². The Morgan fingerprint density at radius 1 is 1.03 bits per heavy atom. The SMILES string of the molecule is CCOC(=O)C1=C(C)N=C2SC=CN2[C@@H]1c1ccc(OCC(=O)Nc2cc(C)ccc2C)c(OCC)c1. The Morgan fingerprint density at radius 2 is 1.84 bits per heavy atom. The molecule has 2 heterocycles. The molecule has 37 heavy (non-hydrogen) atoms. The van der Waals surface area contributed by atoms with Crippen LogP contribution in [-0.2, 0) is 14.3 Å². The molecule has 1 atom stereocenters. The molecule has 0 radical (unpaired) electrons. The van der Waals surface area contributed by atoms with Gasteiger partial charge in [0.05, 0.1) is 30.5 Å². The first-order chi connectivity index (χ1) is 17.8. The Kier molecular flexibility index (Phi) is 8.23. The number of carbonyl (C=O) groups is 2. The second kappa shape index (κ2) is 11.6. The molecule has 9 heteroatoms. The molecule has 0 fully saturated rings. The molecule has 0 unspecified atom stereocenters. The van der Waals surface area contributed by atoms with Crippen LogP contribution < -0.4 is 14.8 Å². The Bertz CT molecular complexity index is 1300. The minimum Gasteiger partial charge on any atom is -0.490 e. The fourth-order valence-corrected chi connectivity index (χ4v) is 4.97. The summed E-state index contributed by atoms with van der Waals surface area (Å²) in [6, 6.07) is 10.9. The van der Waals surface area contributed by atoms with Crippen LogP contribution in [0, 0.1) is 13.8 Å². The van der Waals surface area contributed by atoms with Crippen molar-refractivity contribution in [3.63, 3.8) is 0 Å². The number of esters is 1. The maximum Gasteiger partial charge on any atom is 0.338 e. The number of benzene rings is 2. The van der Waals surface area contributed by atoms with E-state index in [1.54, 1.807) is 13.0 Å². The van der Waals surface area contributed by atoms with E-state index in [1.807, 2.05) is 74.5 Å². The van der Waals surface area contributed by atoms with Gasteiger partial charge in [-0.05, 0) is 74.9 Å². The van der Waals surface area contributed by atoms with Crippen LogP contribution in [0.25, 0.3) is 0 Å². The van der Waals surface area contributed by atoms with Gasteiger partial charge in [0.25, 0.3) is 5.91 Å². The minimum atomic E-state index is -0.432. The van der Waals surface area contributed by atoms with Gasteiger partial charge in [0.15, 0.2) is 23.3 Å². The van der Waals surface area contributed by atoms with E-state index >= 15 is 0 Å². The minimum absolute atomic E-state index is 0.175. The molecule has 0 aromatic heterocycles. The Morgan fingerprint density at radius 3 is 2.59 bits per heavy atom. The fraction of sp³-hybridized carbons (Fsp3) is 0.321. The van der Waals surface area contributed by atoms with Crippen LogP contribution in [0.5, 0.6) is 11.5 Å². The van der Waals surface area contributed by atoms with E-state index in [1.165, 1.54) is 11.8 Å². The first-order valence-electron chi connectivity index (χ1n) is 12.2. The van der Waals surface area contributed by atoms with Gasteiger partial charge in [0, 0.05) is 11.9 Å². The van der Waals surface area contributed by atoms with E-state index in [0.29, 0.717) is 29.4 Å². The second-order valence-electron chi connectivity index (χ2n) is 8.62. The normalized spacial score (nSPS) is 16.3. The Labute approximate surface area is 221 Å². The predicted octanol–water partition coefficient (Wildman–Crippen LogP) is 5.49. The van der Waals surface area contributed by atoms with E-state index in [4.69, 9.17) is 14.2 Å². The summed E-state index contributed by atoms with van der Waals surface area (Å²) in [6.45, 7) is 9.89. The smallest absolute Gasteiger partial charge is 0.338 e. The maximum absolute atomic E-state index is 12.9. The first kappa shape index (κ1) is 26.3. The van der Waals surface area contributed by atoms with Crippen LogP contribution in [-0.4, -0.2) is 41.8 Å². The van der Waals surface area contributed by atoms with Gasteiger partial charge in [-0.15, -0.1) is 0 Å². The number of allylic oxidation sites excluding steroid dienone is 1. The molecule has 0 saturated carbocycles. The second-order valence-corrected chi connectivity index (χ2v) is 9.49. The van der Waals surface area contributed by atoms with Crippen LogP contribution in [0.1, 0.15) is 43.5 Å². The summed E-state index contributed by atoms with van der Waals surface area (Å²) in [5.74, 6) is 0.256. The fourth-order valence-electron chi connectivity index (χ4n) is 4.18. The molecule has 4 rings (SSSR count). The maximum atomic E-state index is 12.9. The number of fused-ring (bicyclic) bond motifs is 1. The lowest BCUT2D eigenvalue weighted by molar-refractivity contribution is -0.139. The van der Waals surface area contributed by atoms with Crippen molar-refractivity contribution in [2.75, 3.05) is 25.1 Å². The highest BCUT2D eigenvalue weighted by Crippen LogP contribution is 2.43. The summed E-state index contributed by atoms with van der Waals surface area (Å²) < 4.78 is 17.1. The molecule has 0 aliphatic carbocycles. The lowest BCUT2D eigenvalue weighted by Crippen LogP contribution is -2.34. The standard InChI is InChI=1S/C28H31N3O5S/c1-6-34-23-15-20(26-25(27(33)35-7-2)19(5)29-28-31(26)12-13-37-28)10-11-22(23)36-16-24(32)30-21-14-17(3)8-9-18(21)4/h8-15,26H,6-7,16H2,1-5H3,(H,30,32)/t26-/m1/s1. The number of anilines is 1. The summed E-state index contributed by atoms with van der Waals surface area (Å²) in [5, 5.41) is 5.63. The number of hydrogen-bond donors (Lipinski definition) is 1. The number of nitrogens with zero attached hydrogens (tertiary/aromatic N) is 2. The molecule has 2 aliphatic rings. The van der Waals surface area contributed by atoms with Crippen LogP contribution >= 0.6 is 11.8 Å². The lowest BCUT2D eigenvalue weighted by atomic mass is 9.94. The van der Waals surface area contributed by atoms with Crippen LogP contribution in [0.4, 0.5) is 5.69 Å². The number of thioether (sulfide) groups is 1. The third-order valence-electron chi connectivity index (χ3n) is 5.93. The number of nitrogens with one attached hydrogen (secondary N) is 1. The van der Waals surface area contributed by atoms with Crippen LogP contribution in [0.2, 0.25) is 0 Å². The van der Waals surface area contributed by atoms with Gasteiger partial charge in [-0.2, -0.15) is 0 Å². The van der Waals surface area contributed by atoms with E-state index in [-0.39, 0.29) is 19.1 Å². The van der Waals surface area contributed by atoms with Gasteiger partial charge in [-0.25, -0.2) is 9.79 Å². The third-order valence-corrected chi connectivity index (χ3v) is 6.70. The van der Waals surface area contributed by atoms with Gasteiger partial charge < -0.3 is 24.4 Å². The quantitative estimate of drug-likeness (QED) is 0.437. The number of carbonyl (C=O) groups excluding carboxylic acids is 2. The molecule has 0 saturated heterocycles. The Hall–Kier alpha value is -3.72. The van der Waals surface area contributed by atoms with Gasteiger partial charge in [-0.3, -0.25) is 4.79 Å². The van der Waals surface area contributed by atoms with Crippen molar-refractivity contribution in [1.29, 1.82) is 0 Å². The molecule has 0 bridgehead atoms. The molecular weight excluding hydrogens is 490 g/mol. The van der Waals surface area contributed by atoms with Crippen LogP contribution in [0.3, 0.4) is 0 Å². The van der Waals surface area contributed by atoms with Crippen molar-refractivity contribution in [2.45, 2.75) is 40.7 Å². The molecule has 2 aromatic carbocycles. The summed E-state index contributed by atoms with van der Waals surface area (Å²) in [6.07, 6.45) is 1.90. The predicted molar refractivity (Wildman–Crippen MR) is 146 cm³/mol. The van der Waals surface area contributed by atoms with Crippen molar-refractivity contribution in [1.82, 2.24) is 4.90 Å². The van der Waals surface area contributed by atoms with Gasteiger partial charge >= 0.3 is 5.97 Å². The monoisotopic (exact) mass is 521 g/mol. The molecular formula is C28H31N3O5S. The highest BCUT2D eigenvalue weighted by molar-refractivity contribution is 8.16. The molecule has 2 aromatic rings. The molecule has 0 spiro atoms. The summed E-state index contributed by atoms with van der Waals surface area (Å²) in [5.41, 5.74) is 4.70. The highest BCUT2D eigenvalue weighted by atomic mass is 32.2. The number of rotatable bonds is 9. The van der Waals surface area contributed by atoms with E-state index in [0.717, 1.165) is 27.5 Å². The molecule has 1 amide bonds. The zero-order chi connectivity index (χ0) is 26.5. The zero-order valence-corrected chi connectivity index (χ0v) is 22.5. The first-order valence-corrected chi connectivity index (χ1v) is 13.0. The third kappa shape index (κ3) is 5.83. The highest BCUT2D eigenvalue weighted by Gasteiger charge is 2.37. The van der Waals surface area contributed by atoms with E-state index < -0.39 is 12.0 Å².